The van der Waals surface area contributed by atoms with E-state index >= 15 is 0 Å². The second-order valence-electron chi connectivity index (χ2n) is 3.11. The van der Waals surface area contributed by atoms with Crippen LogP contribution < -0.4 is 5.32 Å². The van der Waals surface area contributed by atoms with Crippen molar-refractivity contribution in [3.63, 3.8) is 0 Å². The largest absolute Gasteiger partial charge is 0.316 e. The molecule has 3 heteroatoms. The highest BCUT2D eigenvalue weighted by Gasteiger charge is 2.11. The molecule has 72 valence electrons. The number of nitrogens with one attached hydrogen (secondary N) is 1. The Morgan fingerprint density at radius 3 is 2.38 bits per heavy atom. The lowest BCUT2D eigenvalue weighted by molar-refractivity contribution is 0.556. The lowest BCUT2D eigenvalue weighted by atomic mass is 10.0. The van der Waals surface area contributed by atoms with Gasteiger partial charge in [-0.05, 0) is 38.1 Å². The number of hydrogen-bond acceptors (Lipinski definition) is 1. The highest BCUT2D eigenvalue weighted by molar-refractivity contribution is 5.33. The fourth-order valence-electron chi connectivity index (χ4n) is 1.27. The molecule has 0 heterocycles. The Balaban J connectivity index is 3.24. The molecule has 1 rings (SSSR count). The Kier molecular flexibility index (Phi) is 2.98. The van der Waals surface area contributed by atoms with Gasteiger partial charge in [0.2, 0.25) is 0 Å². The van der Waals surface area contributed by atoms with Crippen LogP contribution in [0.1, 0.15) is 16.7 Å². The summed E-state index contributed by atoms with van der Waals surface area (Å²) in [6.07, 6.45) is 0. The third-order valence-electron chi connectivity index (χ3n) is 2.17. The van der Waals surface area contributed by atoms with Crippen molar-refractivity contribution in [2.45, 2.75) is 20.4 Å². The standard InChI is InChI=1S/C10H13F2N/c1-6-8(5-13-3)4-9(11)7(2)10(6)12/h4,13H,5H2,1-3H3. The molecule has 0 fully saturated rings. The molecular formula is C10H13F2N. The maximum absolute atomic E-state index is 13.3. The molecule has 0 aliphatic heterocycles. The lowest BCUT2D eigenvalue weighted by Crippen LogP contribution is -2.09. The molecule has 0 radical (unpaired) electrons. The van der Waals surface area contributed by atoms with E-state index in [1.165, 1.54) is 13.0 Å². The SMILES string of the molecule is CNCc1cc(F)c(C)c(F)c1C. The van der Waals surface area contributed by atoms with Gasteiger partial charge in [-0.15, -0.1) is 0 Å². The van der Waals surface area contributed by atoms with Crippen LogP contribution in [0.4, 0.5) is 8.78 Å². The summed E-state index contributed by atoms with van der Waals surface area (Å²) in [6.45, 7) is 3.59. The first kappa shape index (κ1) is 10.1. The summed E-state index contributed by atoms with van der Waals surface area (Å²) < 4.78 is 26.4. The Morgan fingerprint density at radius 2 is 1.85 bits per heavy atom. The van der Waals surface area contributed by atoms with E-state index in [1.54, 1.807) is 14.0 Å². The van der Waals surface area contributed by atoms with Crippen LogP contribution in [-0.2, 0) is 6.54 Å². The van der Waals surface area contributed by atoms with Crippen LogP contribution in [0.5, 0.6) is 0 Å². The van der Waals surface area contributed by atoms with E-state index in [9.17, 15) is 8.78 Å². The molecule has 0 unspecified atom stereocenters. The molecule has 0 aliphatic carbocycles. The van der Waals surface area contributed by atoms with Crippen LogP contribution in [0.25, 0.3) is 0 Å². The molecule has 0 amide bonds. The molecule has 13 heavy (non-hydrogen) atoms. The monoisotopic (exact) mass is 185 g/mol. The first-order chi connectivity index (χ1) is 6.07. The average molecular weight is 185 g/mol. The van der Waals surface area contributed by atoms with Crippen LogP contribution in [0.3, 0.4) is 0 Å². The third kappa shape index (κ3) is 1.86. The van der Waals surface area contributed by atoms with Crippen molar-refractivity contribution in [1.82, 2.24) is 5.32 Å². The quantitative estimate of drug-likeness (QED) is 0.745. The first-order valence-corrected chi connectivity index (χ1v) is 4.16. The first-order valence-electron chi connectivity index (χ1n) is 4.16. The maximum Gasteiger partial charge on any atom is 0.132 e. The van der Waals surface area contributed by atoms with Gasteiger partial charge in [0, 0.05) is 12.1 Å². The van der Waals surface area contributed by atoms with E-state index < -0.39 is 11.6 Å². The molecule has 0 aliphatic rings. The Hall–Kier alpha value is -0.960. The zero-order valence-electron chi connectivity index (χ0n) is 8.04. The van der Waals surface area contributed by atoms with Crippen molar-refractivity contribution < 1.29 is 8.78 Å². The van der Waals surface area contributed by atoms with Gasteiger partial charge >= 0.3 is 0 Å². The van der Waals surface area contributed by atoms with Gasteiger partial charge in [0.1, 0.15) is 11.6 Å². The second kappa shape index (κ2) is 3.83. The van der Waals surface area contributed by atoms with Gasteiger partial charge in [-0.1, -0.05) is 0 Å². The summed E-state index contributed by atoms with van der Waals surface area (Å²) in [4.78, 5) is 0. The zero-order valence-corrected chi connectivity index (χ0v) is 8.04. The van der Waals surface area contributed by atoms with Crippen LogP contribution >= 0.6 is 0 Å². The summed E-state index contributed by atoms with van der Waals surface area (Å²) in [5, 5.41) is 2.87. The molecule has 0 atom stereocenters. The van der Waals surface area contributed by atoms with E-state index in [2.05, 4.69) is 5.32 Å². The van der Waals surface area contributed by atoms with Crippen molar-refractivity contribution >= 4 is 0 Å². The fraction of sp³-hybridized carbons (Fsp3) is 0.400. The van der Waals surface area contributed by atoms with E-state index in [1.807, 2.05) is 0 Å². The van der Waals surface area contributed by atoms with Gasteiger partial charge in [-0.3, -0.25) is 0 Å². The minimum absolute atomic E-state index is 0.0948. The maximum atomic E-state index is 13.3. The summed E-state index contributed by atoms with van der Waals surface area (Å²) in [5.74, 6) is -0.918. The van der Waals surface area contributed by atoms with E-state index in [0.717, 1.165) is 0 Å². The fourth-order valence-corrected chi connectivity index (χ4v) is 1.27. The molecule has 1 aromatic rings. The van der Waals surface area contributed by atoms with Crippen LogP contribution in [-0.4, -0.2) is 7.05 Å². The molecule has 1 nitrogen and oxygen atoms in total. The minimum Gasteiger partial charge on any atom is -0.316 e. The van der Waals surface area contributed by atoms with Crippen LogP contribution in [0, 0.1) is 25.5 Å². The normalized spacial score (nSPS) is 10.5. The molecule has 0 bridgehead atoms. The Morgan fingerprint density at radius 1 is 1.23 bits per heavy atom. The highest BCUT2D eigenvalue weighted by atomic mass is 19.1. The van der Waals surface area contributed by atoms with Crippen molar-refractivity contribution in [3.05, 3.63) is 34.4 Å². The van der Waals surface area contributed by atoms with Gasteiger partial charge in [-0.25, -0.2) is 8.78 Å². The van der Waals surface area contributed by atoms with Gasteiger partial charge in [0.15, 0.2) is 0 Å². The number of halogens is 2. The van der Waals surface area contributed by atoms with Gasteiger partial charge in [0.05, 0.1) is 0 Å². The van der Waals surface area contributed by atoms with Crippen molar-refractivity contribution in [1.29, 1.82) is 0 Å². The van der Waals surface area contributed by atoms with Crippen molar-refractivity contribution in [2.75, 3.05) is 7.05 Å². The number of benzene rings is 1. The molecule has 1 N–H and O–H groups in total. The predicted molar refractivity (Wildman–Crippen MR) is 48.6 cm³/mol. The number of rotatable bonds is 2. The Labute approximate surface area is 76.8 Å². The second-order valence-corrected chi connectivity index (χ2v) is 3.11. The van der Waals surface area contributed by atoms with E-state index in [0.29, 0.717) is 17.7 Å². The average Bonchev–Trinajstić information content (AvgIpc) is 2.11. The van der Waals surface area contributed by atoms with Crippen LogP contribution in [0.2, 0.25) is 0 Å². The van der Waals surface area contributed by atoms with E-state index in [-0.39, 0.29) is 5.56 Å². The molecular weight excluding hydrogens is 172 g/mol. The summed E-state index contributed by atoms with van der Waals surface area (Å²) in [5.41, 5.74) is 1.29. The van der Waals surface area contributed by atoms with Crippen molar-refractivity contribution in [2.24, 2.45) is 0 Å². The minimum atomic E-state index is -0.478. The van der Waals surface area contributed by atoms with E-state index in [4.69, 9.17) is 0 Å². The highest BCUT2D eigenvalue weighted by Crippen LogP contribution is 2.19. The smallest absolute Gasteiger partial charge is 0.132 e. The molecule has 0 spiro atoms. The number of hydrogen-bond donors (Lipinski definition) is 1. The topological polar surface area (TPSA) is 12.0 Å². The predicted octanol–water partition coefficient (Wildman–Crippen LogP) is 2.30. The van der Waals surface area contributed by atoms with Gasteiger partial charge in [0.25, 0.3) is 0 Å². The van der Waals surface area contributed by atoms with Crippen LogP contribution in [0.15, 0.2) is 6.07 Å². The molecule has 0 aromatic heterocycles. The van der Waals surface area contributed by atoms with Crippen molar-refractivity contribution in [3.8, 4) is 0 Å². The molecule has 0 saturated carbocycles. The zero-order chi connectivity index (χ0) is 10.0. The molecule has 1 aromatic carbocycles. The van der Waals surface area contributed by atoms with Gasteiger partial charge < -0.3 is 5.32 Å². The lowest BCUT2D eigenvalue weighted by Gasteiger charge is -2.09. The summed E-state index contributed by atoms with van der Waals surface area (Å²) in [6, 6.07) is 1.38. The Bertz CT molecular complexity index is 321. The molecule has 0 saturated heterocycles. The summed E-state index contributed by atoms with van der Waals surface area (Å²) in [7, 11) is 1.75. The summed E-state index contributed by atoms with van der Waals surface area (Å²) >= 11 is 0. The van der Waals surface area contributed by atoms with Gasteiger partial charge in [-0.2, -0.15) is 0 Å². The third-order valence-corrected chi connectivity index (χ3v) is 2.17.